The minimum absolute atomic E-state index is 0.0663. The van der Waals surface area contributed by atoms with E-state index in [-0.39, 0.29) is 29.9 Å². The van der Waals surface area contributed by atoms with Gasteiger partial charge in [0.05, 0.1) is 18.3 Å². The molecule has 0 aliphatic carbocycles. The van der Waals surface area contributed by atoms with Crippen LogP contribution in [-0.4, -0.2) is 17.3 Å². The van der Waals surface area contributed by atoms with Crippen molar-refractivity contribution < 1.29 is 14.2 Å². The lowest BCUT2D eigenvalue weighted by Gasteiger charge is -2.25. The van der Waals surface area contributed by atoms with Gasteiger partial charge in [-0.3, -0.25) is 0 Å². The fraction of sp³-hybridized carbons (Fsp3) is 0.571. The van der Waals surface area contributed by atoms with Crippen LogP contribution in [0.1, 0.15) is 32.4 Å². The Morgan fingerprint density at radius 1 is 1.28 bits per heavy atom. The largest absolute Gasteiger partial charge is 0.388 e. The van der Waals surface area contributed by atoms with Crippen molar-refractivity contribution in [2.75, 3.05) is 0 Å². The highest BCUT2D eigenvalue weighted by molar-refractivity contribution is 9.10. The van der Waals surface area contributed by atoms with Crippen molar-refractivity contribution in [3.63, 3.8) is 0 Å². The molecule has 1 heterocycles. The quantitative estimate of drug-likeness (QED) is 0.901. The molecule has 18 heavy (non-hydrogen) atoms. The summed E-state index contributed by atoms with van der Waals surface area (Å²) in [6, 6.07) is 4.64. The molecule has 0 spiro atoms. The van der Waals surface area contributed by atoms with E-state index in [0.717, 1.165) is 4.47 Å². The Morgan fingerprint density at radius 3 is 2.50 bits per heavy atom. The highest BCUT2D eigenvalue weighted by Gasteiger charge is 2.42. The summed E-state index contributed by atoms with van der Waals surface area (Å²) in [5, 5.41) is 10.4. The van der Waals surface area contributed by atoms with Gasteiger partial charge in [-0.25, -0.2) is 4.39 Å². The van der Waals surface area contributed by atoms with Gasteiger partial charge in [0, 0.05) is 16.0 Å². The molecule has 0 saturated carbocycles. The van der Waals surface area contributed by atoms with E-state index >= 15 is 0 Å². The van der Waals surface area contributed by atoms with Crippen molar-refractivity contribution in [3.05, 3.63) is 34.1 Å². The summed E-state index contributed by atoms with van der Waals surface area (Å²) in [6.45, 7) is 5.97. The third kappa shape index (κ3) is 2.46. The van der Waals surface area contributed by atoms with Crippen molar-refractivity contribution in [1.82, 2.24) is 0 Å². The van der Waals surface area contributed by atoms with Crippen molar-refractivity contribution >= 4 is 15.9 Å². The van der Waals surface area contributed by atoms with E-state index in [1.807, 2.05) is 20.8 Å². The van der Waals surface area contributed by atoms with Crippen molar-refractivity contribution in [3.8, 4) is 0 Å². The summed E-state index contributed by atoms with van der Waals surface area (Å²) in [7, 11) is 0. The van der Waals surface area contributed by atoms with Crippen LogP contribution in [0, 0.1) is 17.7 Å². The Balaban J connectivity index is 2.30. The molecule has 0 radical (unpaired) electrons. The normalized spacial score (nSPS) is 33.7. The van der Waals surface area contributed by atoms with E-state index in [0.29, 0.717) is 5.56 Å². The summed E-state index contributed by atoms with van der Waals surface area (Å²) < 4.78 is 20.3. The van der Waals surface area contributed by atoms with Crippen LogP contribution < -0.4 is 0 Å². The van der Waals surface area contributed by atoms with Gasteiger partial charge in [-0.05, 0) is 38.0 Å². The lowest BCUT2D eigenvalue weighted by molar-refractivity contribution is 0.0220. The van der Waals surface area contributed by atoms with Crippen LogP contribution in [0.25, 0.3) is 0 Å². The van der Waals surface area contributed by atoms with E-state index in [4.69, 9.17) is 4.74 Å². The van der Waals surface area contributed by atoms with E-state index in [1.165, 1.54) is 6.07 Å². The van der Waals surface area contributed by atoms with Gasteiger partial charge in [0.1, 0.15) is 5.82 Å². The molecule has 1 fully saturated rings. The molecule has 1 saturated heterocycles. The third-order valence-electron chi connectivity index (χ3n) is 3.96. The number of hydrogen-bond donors (Lipinski definition) is 1. The van der Waals surface area contributed by atoms with Crippen LogP contribution in [0.4, 0.5) is 4.39 Å². The molecule has 100 valence electrons. The Bertz CT molecular complexity index is 438. The van der Waals surface area contributed by atoms with Gasteiger partial charge in [0.15, 0.2) is 0 Å². The Labute approximate surface area is 115 Å². The lowest BCUT2D eigenvalue weighted by atomic mass is 9.82. The average molecular weight is 317 g/mol. The number of rotatable bonds is 2. The van der Waals surface area contributed by atoms with Crippen molar-refractivity contribution in [2.24, 2.45) is 11.8 Å². The topological polar surface area (TPSA) is 29.5 Å². The first-order chi connectivity index (χ1) is 8.41. The molecule has 0 aromatic heterocycles. The predicted octanol–water partition coefficient (Wildman–Crippen LogP) is 3.68. The standard InChI is InChI=1S/C14H18BrFO2/c1-7-8(2)18-9(3)13(7)14(17)11-6-10(15)4-5-12(11)16/h4-9,13-14,17H,1-3H3. The molecule has 4 heteroatoms. The van der Waals surface area contributed by atoms with Crippen LogP contribution in [0.3, 0.4) is 0 Å². The summed E-state index contributed by atoms with van der Waals surface area (Å²) in [4.78, 5) is 0. The van der Waals surface area contributed by atoms with E-state index in [2.05, 4.69) is 15.9 Å². The van der Waals surface area contributed by atoms with E-state index in [9.17, 15) is 9.50 Å². The van der Waals surface area contributed by atoms with Gasteiger partial charge in [0.25, 0.3) is 0 Å². The van der Waals surface area contributed by atoms with Crippen LogP contribution in [0.2, 0.25) is 0 Å². The molecule has 1 aromatic rings. The first-order valence-corrected chi connectivity index (χ1v) is 6.99. The Hall–Kier alpha value is -0.450. The number of ether oxygens (including phenoxy) is 1. The molecule has 0 bridgehead atoms. The second-order valence-corrected chi connectivity index (χ2v) is 6.01. The Kier molecular flexibility index (Phi) is 4.09. The van der Waals surface area contributed by atoms with Crippen molar-refractivity contribution in [1.29, 1.82) is 0 Å². The molecule has 5 atom stereocenters. The molecular weight excluding hydrogens is 299 g/mol. The second-order valence-electron chi connectivity index (χ2n) is 5.09. The first kappa shape index (κ1) is 14.0. The van der Waals surface area contributed by atoms with Gasteiger partial charge in [-0.1, -0.05) is 22.9 Å². The fourth-order valence-electron chi connectivity index (χ4n) is 2.79. The maximum Gasteiger partial charge on any atom is 0.129 e. The monoisotopic (exact) mass is 316 g/mol. The van der Waals surface area contributed by atoms with Crippen LogP contribution in [0.5, 0.6) is 0 Å². The predicted molar refractivity (Wildman–Crippen MR) is 71.7 cm³/mol. The van der Waals surface area contributed by atoms with Gasteiger partial charge >= 0.3 is 0 Å². The number of aliphatic hydroxyl groups is 1. The minimum atomic E-state index is -0.836. The smallest absolute Gasteiger partial charge is 0.129 e. The molecule has 0 amide bonds. The second kappa shape index (κ2) is 5.27. The fourth-order valence-corrected chi connectivity index (χ4v) is 3.17. The molecular formula is C14H18BrFO2. The highest BCUT2D eigenvalue weighted by atomic mass is 79.9. The highest BCUT2D eigenvalue weighted by Crippen LogP contribution is 2.41. The van der Waals surface area contributed by atoms with Crippen molar-refractivity contribution in [2.45, 2.75) is 39.1 Å². The maximum absolute atomic E-state index is 13.8. The summed E-state index contributed by atoms with van der Waals surface area (Å²) >= 11 is 3.31. The van der Waals surface area contributed by atoms with Crippen LogP contribution in [0.15, 0.2) is 22.7 Å². The number of benzene rings is 1. The summed E-state index contributed by atoms with van der Waals surface area (Å²) in [5.41, 5.74) is 0.339. The molecule has 1 N–H and O–H groups in total. The Morgan fingerprint density at radius 2 is 1.94 bits per heavy atom. The third-order valence-corrected chi connectivity index (χ3v) is 4.45. The van der Waals surface area contributed by atoms with E-state index in [1.54, 1.807) is 12.1 Å². The first-order valence-electron chi connectivity index (χ1n) is 6.20. The molecule has 2 nitrogen and oxygen atoms in total. The number of aliphatic hydroxyl groups excluding tert-OH is 1. The average Bonchev–Trinajstić information content (AvgIpc) is 2.56. The zero-order chi connectivity index (χ0) is 13.4. The maximum atomic E-state index is 13.8. The molecule has 2 rings (SSSR count). The number of halogens is 2. The number of hydrogen-bond acceptors (Lipinski definition) is 2. The van der Waals surface area contributed by atoms with E-state index < -0.39 is 6.10 Å². The van der Waals surface area contributed by atoms with Gasteiger partial charge in [-0.15, -0.1) is 0 Å². The molecule has 1 aliphatic rings. The minimum Gasteiger partial charge on any atom is -0.388 e. The summed E-state index contributed by atoms with van der Waals surface area (Å²) in [6.07, 6.45) is -0.810. The SMILES string of the molecule is CC1OC(C)C(C(O)c2cc(Br)ccc2F)C1C. The summed E-state index contributed by atoms with van der Waals surface area (Å²) in [5.74, 6) is -0.248. The zero-order valence-electron chi connectivity index (χ0n) is 10.7. The van der Waals surface area contributed by atoms with Gasteiger partial charge < -0.3 is 9.84 Å². The van der Waals surface area contributed by atoms with Crippen LogP contribution in [-0.2, 0) is 4.74 Å². The van der Waals surface area contributed by atoms with Gasteiger partial charge in [0.2, 0.25) is 0 Å². The van der Waals surface area contributed by atoms with Gasteiger partial charge in [-0.2, -0.15) is 0 Å². The molecule has 1 aromatic carbocycles. The lowest BCUT2D eigenvalue weighted by Crippen LogP contribution is -2.25. The van der Waals surface area contributed by atoms with Crippen LogP contribution >= 0.6 is 15.9 Å². The zero-order valence-corrected chi connectivity index (χ0v) is 12.3. The molecule has 5 unspecified atom stereocenters. The molecule has 1 aliphatic heterocycles.